The number of ether oxygens (including phenoxy) is 2. The van der Waals surface area contributed by atoms with Gasteiger partial charge >= 0.3 is 0 Å². The first-order chi connectivity index (χ1) is 43.6. The van der Waals surface area contributed by atoms with E-state index in [-0.39, 0.29) is 50.1 Å². The highest BCUT2D eigenvalue weighted by Crippen LogP contribution is 2.16. The average molecular weight is 1380 g/mol. The summed E-state index contributed by atoms with van der Waals surface area (Å²) in [5.41, 5.74) is 0. The minimum Gasteiger partial charge on any atom is -0.362 e. The maximum absolute atomic E-state index is 13.1. The first-order valence-electron chi connectivity index (χ1n) is 37.5. The van der Waals surface area contributed by atoms with E-state index < -0.39 is 0 Å². The lowest BCUT2D eigenvalue weighted by atomic mass is 10.1. The molecule has 0 saturated carbocycles. The van der Waals surface area contributed by atoms with Crippen LogP contribution in [0.3, 0.4) is 0 Å². The van der Waals surface area contributed by atoms with Gasteiger partial charge in [-0.25, -0.2) is 0 Å². The normalized spacial score (nSPS) is 11.0. The lowest BCUT2D eigenvalue weighted by molar-refractivity contribution is -0.143. The van der Waals surface area contributed by atoms with Gasteiger partial charge in [0.15, 0.2) is 0 Å². The van der Waals surface area contributed by atoms with Gasteiger partial charge in [0, 0.05) is 66.4 Å². The van der Waals surface area contributed by atoms with Crippen molar-refractivity contribution in [1.29, 1.82) is 0 Å². The van der Waals surface area contributed by atoms with Crippen LogP contribution in [0.5, 0.6) is 0 Å². The second-order valence-corrected chi connectivity index (χ2v) is 34.7. The van der Waals surface area contributed by atoms with Crippen LogP contribution in [0, 0.1) is 0 Å². The number of amides is 4. The van der Waals surface area contributed by atoms with Gasteiger partial charge in [0.05, 0.1) is 0 Å². The zero-order chi connectivity index (χ0) is 66.0. The molecular weight excluding hydrogens is 1240 g/mol. The highest BCUT2D eigenvalue weighted by atomic mass is 33.3. The Morgan fingerprint density at radius 3 is 0.584 bits per heavy atom. The third-order valence-electron chi connectivity index (χ3n) is 16.7. The topological polar surface area (TPSA) is 99.7 Å². The van der Waals surface area contributed by atoms with Crippen molar-refractivity contribution in [2.75, 3.05) is 78.8 Å². The Kier molecular flexibility index (Phi) is 83.2. The molecule has 0 unspecified atom stereocenters. The summed E-state index contributed by atoms with van der Waals surface area (Å²) in [5.74, 6) is 0.216. The molecule has 0 fully saturated rings. The van der Waals surface area contributed by atoms with Crippen LogP contribution < -0.4 is 0 Å². The van der Waals surface area contributed by atoms with E-state index in [2.05, 4.69) is 78.4 Å². The minimum atomic E-state index is 0.0271. The number of unbranched alkanes of at least 4 members (excludes halogenated alkanes) is 40. The minimum absolute atomic E-state index is 0.0271. The van der Waals surface area contributed by atoms with E-state index >= 15 is 0 Å². The molecule has 0 aliphatic heterocycles. The van der Waals surface area contributed by atoms with Crippen molar-refractivity contribution >= 4 is 88.0 Å². The molecule has 0 radical (unpaired) electrons. The van der Waals surface area contributed by atoms with Crippen LogP contribution in [0.2, 0.25) is 0 Å². The van der Waals surface area contributed by atoms with Crippen LogP contribution in [0.4, 0.5) is 0 Å². The van der Waals surface area contributed by atoms with Gasteiger partial charge in [0.25, 0.3) is 0 Å². The third-order valence-corrected chi connectivity index (χ3v) is 26.7. The van der Waals surface area contributed by atoms with Crippen LogP contribution in [0.1, 0.15) is 364 Å². The standard InChI is InChI=1S/2C36H72N2O3.P2S5/c2*1-5-9-13-17-21-25-29-37(30-26-22-18-14-10-6-2)35(39)33-41-34-36(40)38(31-27-23-19-15-11-7-3)32-28-24-20-16-12-8-4;3-1-2-5-7-6-4/h2*5-34H2,1-4H3;. The molecule has 0 aromatic heterocycles. The Hall–Kier alpha value is -0.500. The Labute approximate surface area is 574 Å². The summed E-state index contributed by atoms with van der Waals surface area (Å²) in [6.07, 6.45) is 58.9. The third kappa shape index (κ3) is 70.1. The second-order valence-electron chi connectivity index (χ2n) is 25.0. The molecule has 0 aromatic carbocycles. The smallest absolute Gasteiger partial charge is 0.248 e. The van der Waals surface area contributed by atoms with E-state index in [1.807, 2.05) is 19.6 Å². The first-order valence-corrected chi connectivity index (χ1v) is 46.1. The molecule has 0 spiro atoms. The van der Waals surface area contributed by atoms with Crippen molar-refractivity contribution in [2.45, 2.75) is 364 Å². The molecule has 0 heterocycles. The van der Waals surface area contributed by atoms with Crippen molar-refractivity contribution in [1.82, 2.24) is 19.6 Å². The predicted molar refractivity (Wildman–Crippen MR) is 406 cm³/mol. The van der Waals surface area contributed by atoms with E-state index in [1.165, 1.54) is 273 Å². The van der Waals surface area contributed by atoms with Gasteiger partial charge in [0.2, 0.25) is 23.6 Å². The maximum Gasteiger partial charge on any atom is 0.248 e. The monoisotopic (exact) mass is 1380 g/mol. The molecule has 0 bridgehead atoms. The summed E-state index contributed by atoms with van der Waals surface area (Å²) >= 11 is 9.23. The Morgan fingerprint density at radius 1 is 0.281 bits per heavy atom. The Bertz CT molecular complexity index is 1430. The fourth-order valence-electron chi connectivity index (χ4n) is 11.0. The molecule has 10 nitrogen and oxygen atoms in total. The fraction of sp³-hybridized carbons (Fsp3) is 0.944. The maximum atomic E-state index is 13.1. The molecule has 89 heavy (non-hydrogen) atoms. The van der Waals surface area contributed by atoms with Gasteiger partial charge in [0.1, 0.15) is 26.4 Å². The van der Waals surface area contributed by atoms with Crippen molar-refractivity contribution in [3.8, 4) is 0 Å². The second kappa shape index (κ2) is 79.9. The van der Waals surface area contributed by atoms with Gasteiger partial charge in [-0.3, -0.25) is 19.2 Å². The molecular formula is C72H144N4O6P2S5. The lowest BCUT2D eigenvalue weighted by Crippen LogP contribution is -2.39. The molecule has 0 N–H and O–H groups in total. The first kappa shape index (κ1) is 92.7. The van der Waals surface area contributed by atoms with Crippen molar-refractivity contribution in [3.63, 3.8) is 0 Å². The summed E-state index contributed by atoms with van der Waals surface area (Å²) in [6.45, 7) is 24.6. The van der Waals surface area contributed by atoms with Crippen LogP contribution in [0.25, 0.3) is 0 Å². The molecule has 528 valence electrons. The number of carbonyl (C=O) groups excluding carboxylic acids is 4. The van der Waals surface area contributed by atoms with E-state index in [9.17, 15) is 19.2 Å². The summed E-state index contributed by atoms with van der Waals surface area (Å²) in [5, 5.41) is 0. The number of hydrogen-bond acceptors (Lipinski definition) is 8. The van der Waals surface area contributed by atoms with E-state index in [1.54, 1.807) is 18.4 Å². The molecule has 0 saturated heterocycles. The van der Waals surface area contributed by atoms with Crippen LogP contribution in [-0.4, -0.2) is 122 Å². The summed E-state index contributed by atoms with van der Waals surface area (Å²) in [7, 11) is 6.83. The SMILES string of the molecule is CCCCCCCCN(CCCCCCCC)C(=O)COCC(=O)N(CCCCCCCC)CCCCCCCC.CCCCCCCCN(CCCCCCCC)C(=O)COCC(=O)N(CCCCCCCC)CCCCCCCC.S=PP=S=S=S=S. The highest BCUT2D eigenvalue weighted by Gasteiger charge is 2.19. The zero-order valence-corrected chi connectivity index (χ0v) is 65.5. The molecule has 0 rings (SSSR count). The van der Waals surface area contributed by atoms with Crippen LogP contribution in [-0.2, 0) is 78.9 Å². The largest absolute Gasteiger partial charge is 0.362 e. The predicted octanol–water partition coefficient (Wildman–Crippen LogP) is 21.9. The van der Waals surface area contributed by atoms with Crippen molar-refractivity contribution < 1.29 is 28.7 Å². The van der Waals surface area contributed by atoms with Gasteiger partial charge in [-0.05, 0) is 102 Å². The van der Waals surface area contributed by atoms with Crippen molar-refractivity contribution in [2.24, 2.45) is 0 Å². The number of carbonyl (C=O) groups is 4. The molecule has 0 aliphatic rings. The fourth-order valence-corrected chi connectivity index (χ4v) is 20.6. The Morgan fingerprint density at radius 2 is 0.438 bits per heavy atom. The van der Waals surface area contributed by atoms with E-state index in [4.69, 9.17) is 9.47 Å². The Balaban J connectivity index is -0.00000150. The van der Waals surface area contributed by atoms with Crippen molar-refractivity contribution in [3.05, 3.63) is 0 Å². The van der Waals surface area contributed by atoms with Gasteiger partial charge in [-0.15, -0.1) is 0 Å². The summed E-state index contributed by atoms with van der Waals surface area (Å²) in [6, 6.07) is 0. The molecule has 4 amide bonds. The zero-order valence-electron chi connectivity index (χ0n) is 59.6. The molecule has 17 heteroatoms. The van der Waals surface area contributed by atoms with Gasteiger partial charge in [-0.2, -0.15) is 0 Å². The van der Waals surface area contributed by atoms with Crippen LogP contribution >= 0.6 is 14.1 Å². The molecule has 0 aliphatic carbocycles. The quantitative estimate of drug-likeness (QED) is 0.0439. The number of rotatable bonds is 65. The van der Waals surface area contributed by atoms with Crippen LogP contribution in [0.15, 0.2) is 0 Å². The highest BCUT2D eigenvalue weighted by molar-refractivity contribution is 8.63. The lowest BCUT2D eigenvalue weighted by Gasteiger charge is -2.24. The van der Waals surface area contributed by atoms with Gasteiger partial charge < -0.3 is 29.1 Å². The number of hydrogen-bond donors (Lipinski definition) is 0. The summed E-state index contributed by atoms with van der Waals surface area (Å²) < 4.78 is 11.5. The van der Waals surface area contributed by atoms with E-state index in [0.29, 0.717) is 0 Å². The average Bonchev–Trinajstić information content (AvgIpc) is 3.72. The molecule has 0 aromatic rings. The van der Waals surface area contributed by atoms with E-state index in [0.717, 1.165) is 111 Å². The summed E-state index contributed by atoms with van der Waals surface area (Å²) in [4.78, 5) is 60.4. The molecule has 0 atom stereocenters. The number of nitrogens with zero attached hydrogens (tertiary/aromatic N) is 4. The van der Waals surface area contributed by atoms with Gasteiger partial charge in [-0.1, -0.05) is 312 Å².